The number of hydrogen-bond acceptors (Lipinski definition) is 1. The Morgan fingerprint density at radius 1 is 0.900 bits per heavy atom. The number of rotatable bonds is 6. The molecule has 1 fully saturated rings. The minimum atomic E-state index is -0.276. The average Bonchev–Trinajstić information content (AvgIpc) is 2.76. The van der Waals surface area contributed by atoms with E-state index in [0.717, 1.165) is 48.1 Å². The highest BCUT2D eigenvalue weighted by Gasteiger charge is 2.34. The van der Waals surface area contributed by atoms with E-state index in [9.17, 15) is 4.79 Å². The van der Waals surface area contributed by atoms with Crippen LogP contribution in [0, 0.1) is 0 Å². The minimum Gasteiger partial charge on any atom is -0.347 e. The van der Waals surface area contributed by atoms with Crippen molar-refractivity contribution < 1.29 is 9.28 Å². The van der Waals surface area contributed by atoms with Crippen molar-refractivity contribution in [2.24, 2.45) is 0 Å². The predicted molar refractivity (Wildman–Crippen MR) is 122 cm³/mol. The first kappa shape index (κ1) is 20.4. The van der Waals surface area contributed by atoms with E-state index in [1.54, 1.807) is 0 Å². The van der Waals surface area contributed by atoms with E-state index in [1.807, 2.05) is 60.7 Å². The lowest BCUT2D eigenvalue weighted by Gasteiger charge is -2.42. The number of quaternary nitrogens is 1. The molecule has 1 aliphatic heterocycles. The molecule has 4 rings (SSSR count). The Morgan fingerprint density at radius 2 is 1.43 bits per heavy atom. The molecule has 0 aromatic heterocycles. The highest BCUT2D eigenvalue weighted by molar-refractivity contribution is 5.87. The summed E-state index contributed by atoms with van der Waals surface area (Å²) in [6.07, 6.45) is 2.18. The summed E-state index contributed by atoms with van der Waals surface area (Å²) in [7, 11) is 2.32. The lowest BCUT2D eigenvalue weighted by molar-refractivity contribution is -0.927. The van der Waals surface area contributed by atoms with Crippen molar-refractivity contribution in [3.8, 4) is 0 Å². The molecule has 0 bridgehead atoms. The molecule has 3 nitrogen and oxygen atoms in total. The summed E-state index contributed by atoms with van der Waals surface area (Å²) in [5, 5.41) is 3.40. The van der Waals surface area contributed by atoms with Gasteiger partial charge in [0.2, 0.25) is 5.91 Å². The highest BCUT2D eigenvalue weighted by Crippen LogP contribution is 2.26. The molecule has 3 aromatic carbocycles. The second-order valence-electron chi connectivity index (χ2n) is 8.77. The van der Waals surface area contributed by atoms with Gasteiger partial charge in [-0.2, -0.15) is 0 Å². The molecule has 0 unspecified atom stereocenters. The van der Waals surface area contributed by atoms with Crippen molar-refractivity contribution in [1.29, 1.82) is 0 Å². The van der Waals surface area contributed by atoms with Crippen LogP contribution in [-0.4, -0.2) is 36.6 Å². The fourth-order valence-electron chi connectivity index (χ4n) is 4.79. The molecular formula is C27H31N2O+. The Hall–Kier alpha value is -2.91. The zero-order valence-electron chi connectivity index (χ0n) is 17.7. The van der Waals surface area contributed by atoms with Gasteiger partial charge in [0, 0.05) is 5.56 Å². The Kier molecular flexibility index (Phi) is 6.29. The van der Waals surface area contributed by atoms with E-state index >= 15 is 0 Å². The number of likely N-dealkylation sites (tertiary alicyclic amines) is 1. The maximum Gasteiger partial charge on any atom is 0.232 e. The van der Waals surface area contributed by atoms with Crippen LogP contribution < -0.4 is 5.32 Å². The summed E-state index contributed by atoms with van der Waals surface area (Å²) in [5.41, 5.74) is 3.44. The van der Waals surface area contributed by atoms with Gasteiger partial charge in [-0.15, -0.1) is 0 Å². The topological polar surface area (TPSA) is 29.1 Å². The Balaban J connectivity index is 1.49. The SMILES string of the molecule is C[N@@+]1(Cc2ccccc2)CCC[C@@H](NC(=O)C(c2ccccc2)c2ccccc2)C1. The van der Waals surface area contributed by atoms with Gasteiger partial charge in [-0.1, -0.05) is 91.0 Å². The van der Waals surface area contributed by atoms with Crippen molar-refractivity contribution in [1.82, 2.24) is 5.32 Å². The number of likely N-dealkylation sites (N-methyl/N-ethyl adjacent to an activating group) is 1. The quantitative estimate of drug-likeness (QED) is 0.596. The lowest BCUT2D eigenvalue weighted by Crippen LogP contribution is -2.57. The van der Waals surface area contributed by atoms with Gasteiger partial charge in [0.15, 0.2) is 0 Å². The van der Waals surface area contributed by atoms with E-state index in [4.69, 9.17) is 0 Å². The molecule has 0 spiro atoms. The number of hydrogen-bond donors (Lipinski definition) is 1. The van der Waals surface area contributed by atoms with Gasteiger partial charge >= 0.3 is 0 Å². The van der Waals surface area contributed by atoms with Crippen LogP contribution >= 0.6 is 0 Å². The molecule has 1 saturated heterocycles. The number of carbonyl (C=O) groups excluding carboxylic acids is 1. The Bertz CT molecular complexity index is 903. The normalized spacial score (nSPS) is 21.3. The van der Waals surface area contributed by atoms with Crippen LogP contribution in [0.25, 0.3) is 0 Å². The molecule has 3 heteroatoms. The first-order chi connectivity index (χ1) is 14.6. The molecule has 30 heavy (non-hydrogen) atoms. The van der Waals surface area contributed by atoms with Crippen LogP contribution in [0.1, 0.15) is 35.4 Å². The molecule has 3 aromatic rings. The molecule has 0 radical (unpaired) electrons. The van der Waals surface area contributed by atoms with Crippen LogP contribution in [-0.2, 0) is 11.3 Å². The first-order valence-electron chi connectivity index (χ1n) is 10.9. The van der Waals surface area contributed by atoms with E-state index in [1.165, 1.54) is 5.56 Å². The number of carbonyl (C=O) groups is 1. The van der Waals surface area contributed by atoms with Crippen LogP contribution in [0.15, 0.2) is 91.0 Å². The third-order valence-corrected chi connectivity index (χ3v) is 6.19. The molecule has 1 heterocycles. The summed E-state index contributed by atoms with van der Waals surface area (Å²) >= 11 is 0. The third kappa shape index (κ3) is 4.98. The maximum absolute atomic E-state index is 13.5. The van der Waals surface area contributed by atoms with E-state index < -0.39 is 0 Å². The zero-order chi connectivity index (χ0) is 20.8. The summed E-state index contributed by atoms with van der Waals surface area (Å²) < 4.78 is 0.969. The second-order valence-corrected chi connectivity index (χ2v) is 8.77. The number of piperidine rings is 1. The standard InChI is InChI=1S/C27H30N2O/c1-29(20-22-12-5-2-6-13-22)19-11-18-25(21-29)28-27(30)26(23-14-7-3-8-15-23)24-16-9-4-10-17-24/h2-10,12-17,25-26H,11,18-21H2,1H3/p+1/t25-,29+/m1/s1. The fourth-order valence-corrected chi connectivity index (χ4v) is 4.79. The van der Waals surface area contributed by atoms with E-state index in [2.05, 4.69) is 42.7 Å². The van der Waals surface area contributed by atoms with E-state index in [-0.39, 0.29) is 17.9 Å². The van der Waals surface area contributed by atoms with Gasteiger partial charge in [-0.3, -0.25) is 4.79 Å². The van der Waals surface area contributed by atoms with Crippen LogP contribution in [0.5, 0.6) is 0 Å². The molecule has 1 aliphatic rings. The summed E-state index contributed by atoms with van der Waals surface area (Å²) in [6, 6.07) is 31.1. The molecule has 1 amide bonds. The largest absolute Gasteiger partial charge is 0.347 e. The molecular weight excluding hydrogens is 368 g/mol. The second kappa shape index (κ2) is 9.27. The number of nitrogens with one attached hydrogen (secondary N) is 1. The smallest absolute Gasteiger partial charge is 0.232 e. The first-order valence-corrected chi connectivity index (χ1v) is 10.9. The Labute approximate surface area is 180 Å². The highest BCUT2D eigenvalue weighted by atomic mass is 16.2. The molecule has 0 saturated carbocycles. The number of benzene rings is 3. The van der Waals surface area contributed by atoms with Crippen molar-refractivity contribution in [2.45, 2.75) is 31.3 Å². The van der Waals surface area contributed by atoms with Gasteiger partial charge in [-0.05, 0) is 24.0 Å². The van der Waals surface area contributed by atoms with Gasteiger partial charge in [-0.25, -0.2) is 0 Å². The maximum atomic E-state index is 13.5. The Morgan fingerprint density at radius 3 is 2.00 bits per heavy atom. The van der Waals surface area contributed by atoms with Gasteiger partial charge < -0.3 is 9.80 Å². The van der Waals surface area contributed by atoms with Crippen molar-refractivity contribution in [3.05, 3.63) is 108 Å². The van der Waals surface area contributed by atoms with Crippen molar-refractivity contribution in [2.75, 3.05) is 20.1 Å². The minimum absolute atomic E-state index is 0.102. The van der Waals surface area contributed by atoms with Gasteiger partial charge in [0.1, 0.15) is 6.54 Å². The number of nitrogens with zero attached hydrogens (tertiary/aromatic N) is 1. The molecule has 1 N–H and O–H groups in total. The molecule has 0 aliphatic carbocycles. The van der Waals surface area contributed by atoms with Crippen LogP contribution in [0.4, 0.5) is 0 Å². The summed E-state index contributed by atoms with van der Waals surface area (Å²) in [4.78, 5) is 13.5. The summed E-state index contributed by atoms with van der Waals surface area (Å²) in [5.74, 6) is -0.173. The van der Waals surface area contributed by atoms with Gasteiger partial charge in [0.25, 0.3) is 0 Å². The van der Waals surface area contributed by atoms with Gasteiger partial charge in [0.05, 0.1) is 32.1 Å². The summed E-state index contributed by atoms with van der Waals surface area (Å²) in [6.45, 7) is 3.13. The van der Waals surface area contributed by atoms with Crippen molar-refractivity contribution >= 4 is 5.91 Å². The van der Waals surface area contributed by atoms with Crippen molar-refractivity contribution in [3.63, 3.8) is 0 Å². The number of amides is 1. The third-order valence-electron chi connectivity index (χ3n) is 6.19. The van der Waals surface area contributed by atoms with Crippen LogP contribution in [0.3, 0.4) is 0 Å². The molecule has 2 atom stereocenters. The average molecular weight is 400 g/mol. The fraction of sp³-hybridized carbons (Fsp3) is 0.296. The lowest BCUT2D eigenvalue weighted by atomic mass is 9.90. The van der Waals surface area contributed by atoms with Crippen LogP contribution in [0.2, 0.25) is 0 Å². The van der Waals surface area contributed by atoms with E-state index in [0.29, 0.717) is 0 Å². The monoisotopic (exact) mass is 399 g/mol. The molecule has 154 valence electrons. The zero-order valence-corrected chi connectivity index (χ0v) is 17.7. The predicted octanol–water partition coefficient (Wildman–Crippen LogP) is 4.74.